The molecule has 142 valence electrons. The molecule has 2 aromatic heterocycles. The third-order valence-corrected chi connectivity index (χ3v) is 5.68. The van der Waals surface area contributed by atoms with Crippen LogP contribution in [0.1, 0.15) is 12.1 Å². The SMILES string of the molecule is CN1CC(=O)N(c2cnn(C)c2)CC12CCN(C(=O)Cc1ccccn1)C2. The standard InChI is InChI=1S/C19H24N6O2/c1-22-12-18(27)25(16-10-21-23(2)11-16)14-19(22)6-8-24(13-19)17(26)9-15-5-3-4-7-20-15/h3-5,7,10-11H,6,8-9,12-14H2,1-2H3. The molecule has 2 aliphatic rings. The van der Waals surface area contributed by atoms with Gasteiger partial charge in [0.15, 0.2) is 0 Å². The highest BCUT2D eigenvalue weighted by Crippen LogP contribution is 2.33. The lowest BCUT2D eigenvalue weighted by Gasteiger charge is -2.46. The van der Waals surface area contributed by atoms with E-state index >= 15 is 0 Å². The van der Waals surface area contributed by atoms with Crippen molar-refractivity contribution in [2.24, 2.45) is 7.05 Å². The zero-order valence-corrected chi connectivity index (χ0v) is 15.7. The van der Waals surface area contributed by atoms with Crippen molar-refractivity contribution in [1.82, 2.24) is 24.6 Å². The Morgan fingerprint density at radius 1 is 1.26 bits per heavy atom. The van der Waals surface area contributed by atoms with Gasteiger partial charge in [-0.2, -0.15) is 5.10 Å². The molecule has 8 nitrogen and oxygen atoms in total. The van der Waals surface area contributed by atoms with Crippen LogP contribution in [0.25, 0.3) is 0 Å². The molecule has 27 heavy (non-hydrogen) atoms. The van der Waals surface area contributed by atoms with E-state index in [9.17, 15) is 9.59 Å². The van der Waals surface area contributed by atoms with Crippen LogP contribution in [0.15, 0.2) is 36.8 Å². The highest BCUT2D eigenvalue weighted by atomic mass is 16.2. The largest absolute Gasteiger partial charge is 0.340 e. The predicted octanol–water partition coefficient (Wildman–Crippen LogP) is 0.307. The Balaban J connectivity index is 1.49. The zero-order valence-electron chi connectivity index (χ0n) is 15.7. The Bertz CT molecular complexity index is 851. The maximum Gasteiger partial charge on any atom is 0.241 e. The molecule has 0 saturated carbocycles. The Hall–Kier alpha value is -2.74. The molecule has 0 radical (unpaired) electrons. The minimum atomic E-state index is -0.219. The van der Waals surface area contributed by atoms with E-state index in [4.69, 9.17) is 0 Å². The molecule has 1 atom stereocenters. The number of hydrogen-bond donors (Lipinski definition) is 0. The van der Waals surface area contributed by atoms with Crippen LogP contribution in [0.3, 0.4) is 0 Å². The summed E-state index contributed by atoms with van der Waals surface area (Å²) in [5.74, 6) is 0.151. The van der Waals surface area contributed by atoms with Crippen LogP contribution in [-0.2, 0) is 23.1 Å². The van der Waals surface area contributed by atoms with E-state index in [1.165, 1.54) is 0 Å². The van der Waals surface area contributed by atoms with E-state index in [0.29, 0.717) is 32.6 Å². The van der Waals surface area contributed by atoms with Crippen molar-refractivity contribution < 1.29 is 9.59 Å². The Morgan fingerprint density at radius 2 is 2.11 bits per heavy atom. The lowest BCUT2D eigenvalue weighted by atomic mass is 9.93. The van der Waals surface area contributed by atoms with Gasteiger partial charge in [0.25, 0.3) is 0 Å². The van der Waals surface area contributed by atoms with Gasteiger partial charge in [0.2, 0.25) is 11.8 Å². The minimum absolute atomic E-state index is 0.0642. The topological polar surface area (TPSA) is 74.6 Å². The lowest BCUT2D eigenvalue weighted by molar-refractivity contribution is -0.130. The van der Waals surface area contributed by atoms with Crippen molar-refractivity contribution in [1.29, 1.82) is 0 Å². The van der Waals surface area contributed by atoms with E-state index in [2.05, 4.69) is 15.0 Å². The molecule has 8 heteroatoms. The summed E-state index contributed by atoms with van der Waals surface area (Å²) in [5.41, 5.74) is 1.38. The second-order valence-electron chi connectivity index (χ2n) is 7.50. The molecule has 0 N–H and O–H groups in total. The van der Waals surface area contributed by atoms with Gasteiger partial charge in [0.1, 0.15) is 0 Å². The number of piperazine rings is 1. The van der Waals surface area contributed by atoms with E-state index in [0.717, 1.165) is 17.8 Å². The van der Waals surface area contributed by atoms with Gasteiger partial charge in [0.05, 0.1) is 30.4 Å². The molecule has 2 saturated heterocycles. The van der Waals surface area contributed by atoms with Crippen LogP contribution in [-0.4, -0.2) is 75.1 Å². The summed E-state index contributed by atoms with van der Waals surface area (Å²) in [5, 5.41) is 4.19. The average Bonchev–Trinajstić information content (AvgIpc) is 3.27. The minimum Gasteiger partial charge on any atom is -0.340 e. The highest BCUT2D eigenvalue weighted by molar-refractivity contribution is 5.95. The van der Waals surface area contributed by atoms with Crippen LogP contribution in [0.4, 0.5) is 5.69 Å². The number of likely N-dealkylation sites (N-methyl/N-ethyl adjacent to an activating group) is 1. The van der Waals surface area contributed by atoms with Gasteiger partial charge in [-0.1, -0.05) is 6.07 Å². The summed E-state index contributed by atoms with van der Waals surface area (Å²) in [6.07, 6.45) is 6.44. The van der Waals surface area contributed by atoms with Gasteiger partial charge in [-0.3, -0.25) is 24.2 Å². The molecule has 1 unspecified atom stereocenters. The monoisotopic (exact) mass is 368 g/mol. The molecule has 1 spiro atoms. The summed E-state index contributed by atoms with van der Waals surface area (Å²) in [7, 11) is 3.82. The van der Waals surface area contributed by atoms with Crippen LogP contribution < -0.4 is 4.90 Å². The van der Waals surface area contributed by atoms with Crippen LogP contribution in [0, 0.1) is 0 Å². The van der Waals surface area contributed by atoms with Crippen LogP contribution in [0.5, 0.6) is 0 Å². The molecule has 0 bridgehead atoms. The first-order chi connectivity index (χ1) is 13.0. The number of nitrogens with zero attached hydrogens (tertiary/aromatic N) is 6. The number of likely N-dealkylation sites (tertiary alicyclic amines) is 1. The number of aromatic nitrogens is 3. The van der Waals surface area contributed by atoms with Gasteiger partial charge in [-0.15, -0.1) is 0 Å². The van der Waals surface area contributed by atoms with Crippen molar-refractivity contribution >= 4 is 17.5 Å². The fourth-order valence-electron chi connectivity index (χ4n) is 4.02. The molecule has 4 rings (SSSR count). The Morgan fingerprint density at radius 3 is 2.81 bits per heavy atom. The molecule has 0 aromatic carbocycles. The molecule has 4 heterocycles. The molecule has 0 aliphatic carbocycles. The number of carbonyl (C=O) groups excluding carboxylic acids is 2. The maximum atomic E-state index is 12.7. The third-order valence-electron chi connectivity index (χ3n) is 5.68. The maximum absolute atomic E-state index is 12.7. The van der Waals surface area contributed by atoms with E-state index in [-0.39, 0.29) is 17.4 Å². The summed E-state index contributed by atoms with van der Waals surface area (Å²) < 4.78 is 1.70. The molecule has 2 amide bonds. The summed E-state index contributed by atoms with van der Waals surface area (Å²) in [6, 6.07) is 5.62. The number of carbonyl (C=O) groups is 2. The summed E-state index contributed by atoms with van der Waals surface area (Å²) >= 11 is 0. The van der Waals surface area contributed by atoms with Gasteiger partial charge < -0.3 is 9.80 Å². The normalized spacial score (nSPS) is 23.4. The summed E-state index contributed by atoms with van der Waals surface area (Å²) in [4.78, 5) is 35.4. The van der Waals surface area contributed by atoms with Crippen molar-refractivity contribution in [2.75, 3.05) is 38.1 Å². The lowest BCUT2D eigenvalue weighted by Crippen LogP contribution is -2.64. The van der Waals surface area contributed by atoms with Gasteiger partial charge in [-0.05, 0) is 25.6 Å². The van der Waals surface area contributed by atoms with E-state index in [1.807, 2.05) is 43.4 Å². The molecule has 2 aliphatic heterocycles. The fourth-order valence-corrected chi connectivity index (χ4v) is 4.02. The Labute approximate surface area is 158 Å². The van der Waals surface area contributed by atoms with E-state index < -0.39 is 0 Å². The van der Waals surface area contributed by atoms with Gasteiger partial charge >= 0.3 is 0 Å². The summed E-state index contributed by atoms with van der Waals surface area (Å²) in [6.45, 7) is 2.24. The quantitative estimate of drug-likeness (QED) is 0.779. The average molecular weight is 368 g/mol. The second-order valence-corrected chi connectivity index (χ2v) is 7.50. The number of pyridine rings is 1. The van der Waals surface area contributed by atoms with Crippen LogP contribution in [0.2, 0.25) is 0 Å². The smallest absolute Gasteiger partial charge is 0.241 e. The number of anilines is 1. The number of rotatable bonds is 3. The fraction of sp³-hybridized carbons (Fsp3) is 0.474. The first kappa shape index (κ1) is 17.7. The van der Waals surface area contributed by atoms with Gasteiger partial charge in [-0.25, -0.2) is 0 Å². The number of amides is 2. The molecular weight excluding hydrogens is 344 g/mol. The molecule has 2 fully saturated rings. The highest BCUT2D eigenvalue weighted by Gasteiger charge is 2.48. The van der Waals surface area contributed by atoms with Crippen molar-refractivity contribution in [2.45, 2.75) is 18.4 Å². The first-order valence-corrected chi connectivity index (χ1v) is 9.15. The zero-order chi connectivity index (χ0) is 19.0. The van der Waals surface area contributed by atoms with Crippen LogP contribution >= 0.6 is 0 Å². The van der Waals surface area contributed by atoms with Gasteiger partial charge in [0, 0.05) is 44.8 Å². The molecule has 2 aromatic rings. The van der Waals surface area contributed by atoms with Crippen molar-refractivity contribution in [3.8, 4) is 0 Å². The number of aryl methyl sites for hydroxylation is 1. The third kappa shape index (κ3) is 3.32. The van der Waals surface area contributed by atoms with Crippen molar-refractivity contribution in [3.63, 3.8) is 0 Å². The van der Waals surface area contributed by atoms with E-state index in [1.54, 1.807) is 22.0 Å². The first-order valence-electron chi connectivity index (χ1n) is 9.15. The predicted molar refractivity (Wildman–Crippen MR) is 100 cm³/mol. The van der Waals surface area contributed by atoms with Crippen molar-refractivity contribution in [3.05, 3.63) is 42.5 Å². The Kier molecular flexibility index (Phi) is 4.43. The number of hydrogen-bond acceptors (Lipinski definition) is 5. The second kappa shape index (κ2) is 6.77. The molecular formula is C19H24N6O2.